The third kappa shape index (κ3) is 6.86. The highest BCUT2D eigenvalue weighted by atomic mass is 79.9. The van der Waals surface area contributed by atoms with Crippen molar-refractivity contribution in [3.8, 4) is 0 Å². The summed E-state index contributed by atoms with van der Waals surface area (Å²) < 4.78 is -9.31. The van der Waals surface area contributed by atoms with Crippen LogP contribution >= 0.6 is 79.6 Å². The van der Waals surface area contributed by atoms with Crippen molar-refractivity contribution >= 4 is 103 Å². The lowest BCUT2D eigenvalue weighted by atomic mass is 9.60. The van der Waals surface area contributed by atoms with Crippen LogP contribution in [0.15, 0.2) is 0 Å². The molecule has 0 aromatic rings. The van der Waals surface area contributed by atoms with Crippen LogP contribution < -0.4 is 0 Å². The highest BCUT2D eigenvalue weighted by Gasteiger charge is 2.73. The second-order valence-corrected chi connectivity index (χ2v) is 19.2. The smallest absolute Gasteiger partial charge is 0.194 e. The fourth-order valence-corrected chi connectivity index (χ4v) is 5.56. The maximum atomic E-state index is 13.4. The van der Waals surface area contributed by atoms with E-state index in [-0.39, 0.29) is 0 Å². The van der Waals surface area contributed by atoms with Crippen LogP contribution in [0.5, 0.6) is 0 Å². The Bertz CT molecular complexity index is 749. The Balaban J connectivity index is 7.90. The van der Waals surface area contributed by atoms with E-state index < -0.39 is 68.7 Å². The predicted molar refractivity (Wildman–Crippen MR) is 146 cm³/mol. The quantitative estimate of drug-likeness (QED) is 0.220. The summed E-state index contributed by atoms with van der Waals surface area (Å²) in [5.41, 5.74) is -3.19. The van der Waals surface area contributed by atoms with E-state index >= 15 is 0 Å². The summed E-state index contributed by atoms with van der Waals surface area (Å²) in [6.45, 7) is 10.6. The number of ketones is 4. The third-order valence-electron chi connectivity index (χ3n) is 5.27. The van der Waals surface area contributed by atoms with E-state index in [2.05, 4.69) is 79.6 Å². The van der Waals surface area contributed by atoms with Gasteiger partial charge in [-0.3, -0.25) is 19.2 Å². The predicted octanol–water partition coefficient (Wildman–Crippen LogP) is 3.11. The average molecular weight is 811 g/mol. The number of aliphatic hydroxyl groups is 4. The van der Waals surface area contributed by atoms with Crippen LogP contribution in [0.4, 0.5) is 0 Å². The van der Waals surface area contributed by atoms with Crippen LogP contribution in [0.2, 0.25) is 0 Å². The van der Waals surface area contributed by atoms with Gasteiger partial charge in [-0.2, -0.15) is 0 Å². The van der Waals surface area contributed by atoms with Crippen molar-refractivity contribution in [2.75, 3.05) is 0 Å². The van der Waals surface area contributed by atoms with Crippen molar-refractivity contribution in [3.63, 3.8) is 0 Å². The molecule has 0 aliphatic rings. The minimum atomic E-state index is -3.19. The van der Waals surface area contributed by atoms with Crippen molar-refractivity contribution in [1.82, 2.24) is 0 Å². The van der Waals surface area contributed by atoms with E-state index in [4.69, 9.17) is 0 Å². The number of rotatable bonds is 12. The molecule has 4 atom stereocenters. The Morgan fingerprint density at radius 1 is 0.529 bits per heavy atom. The lowest BCUT2D eigenvalue weighted by molar-refractivity contribution is -0.208. The lowest BCUT2D eigenvalue weighted by Crippen LogP contribution is -2.75. The van der Waals surface area contributed by atoms with Gasteiger partial charge in [-0.15, -0.1) is 0 Å². The summed E-state index contributed by atoms with van der Waals surface area (Å²) >= 11 is 15.1. The number of carbonyl (C=O) groups excluding carboxylic acids is 4. The molecule has 13 heteroatoms. The van der Waals surface area contributed by atoms with Crippen molar-refractivity contribution in [3.05, 3.63) is 0 Å². The maximum Gasteiger partial charge on any atom is 0.194 e. The van der Waals surface area contributed by atoms with Crippen molar-refractivity contribution in [2.45, 2.75) is 95.5 Å². The molecule has 198 valence electrons. The Labute approximate surface area is 241 Å². The maximum absolute atomic E-state index is 13.4. The first-order chi connectivity index (χ1) is 14.6. The highest BCUT2D eigenvalue weighted by molar-refractivity contribution is 9.11. The Hall–Kier alpha value is 0.920. The van der Waals surface area contributed by atoms with Crippen molar-refractivity contribution in [2.24, 2.45) is 5.41 Å². The minimum Gasteiger partial charge on any atom is -0.384 e. The number of Topliss-reactive ketones (excluding diaryl/α,β-unsaturated/α-hetero) is 4. The van der Waals surface area contributed by atoms with E-state index in [1.807, 2.05) is 0 Å². The Morgan fingerprint density at radius 2 is 0.735 bits per heavy atom. The monoisotopic (exact) mass is 806 g/mol. The molecule has 4 unspecified atom stereocenters. The van der Waals surface area contributed by atoms with Gasteiger partial charge in [0.05, 0.1) is 17.3 Å². The molecule has 0 aliphatic heterocycles. The topological polar surface area (TPSA) is 149 Å². The number of aliphatic hydroxyl groups excluding tert-OH is 3. The molecule has 0 radical (unpaired) electrons. The van der Waals surface area contributed by atoms with E-state index in [0.717, 1.165) is 0 Å². The molecule has 0 aliphatic carbocycles. The standard InChI is InChI=1S/C21H31Br5O8/c1-16(2,22)9(27)12(30)20(13(31)10(28)17(3,4)23,14(32)11(29)18(5,6)24)21(26,34)15(33)19(7,8)25/h12-14,30-32,34H,1-8H3. The van der Waals surface area contributed by atoms with Crippen molar-refractivity contribution < 1.29 is 39.6 Å². The van der Waals surface area contributed by atoms with Gasteiger partial charge in [-0.05, 0) is 71.3 Å². The summed E-state index contributed by atoms with van der Waals surface area (Å²) in [6, 6.07) is 0. The van der Waals surface area contributed by atoms with E-state index in [1.54, 1.807) is 0 Å². The van der Waals surface area contributed by atoms with Gasteiger partial charge in [0, 0.05) is 0 Å². The molecule has 8 nitrogen and oxygen atoms in total. The number of hydrogen-bond donors (Lipinski definition) is 4. The number of halogens is 5. The van der Waals surface area contributed by atoms with Crippen LogP contribution in [0, 0.1) is 5.41 Å². The van der Waals surface area contributed by atoms with Crippen LogP contribution in [0.25, 0.3) is 0 Å². The summed E-state index contributed by atoms with van der Waals surface area (Å²) in [6.07, 6.45) is -7.81. The van der Waals surface area contributed by atoms with Crippen LogP contribution in [0.1, 0.15) is 55.4 Å². The molecule has 0 spiro atoms. The molecule has 0 saturated heterocycles. The molecule has 0 aromatic heterocycles. The third-order valence-corrected chi connectivity index (χ3v) is 7.85. The first-order valence-corrected chi connectivity index (χ1v) is 14.0. The Kier molecular flexibility index (Phi) is 11.3. The number of hydrogen-bond acceptors (Lipinski definition) is 8. The molecule has 0 aromatic carbocycles. The fraction of sp³-hybridized carbons (Fsp3) is 0.810. The molecule has 34 heavy (non-hydrogen) atoms. The molecule has 0 rings (SSSR count). The summed E-state index contributed by atoms with van der Waals surface area (Å²) in [7, 11) is 0. The highest BCUT2D eigenvalue weighted by Crippen LogP contribution is 2.52. The van der Waals surface area contributed by atoms with Crippen molar-refractivity contribution in [1.29, 1.82) is 0 Å². The van der Waals surface area contributed by atoms with Gasteiger partial charge in [0.15, 0.2) is 27.6 Å². The fourth-order valence-electron chi connectivity index (χ4n) is 3.21. The van der Waals surface area contributed by atoms with Crippen LogP contribution in [0.3, 0.4) is 0 Å². The van der Waals surface area contributed by atoms with Gasteiger partial charge in [-0.1, -0.05) is 63.7 Å². The molecule has 0 fully saturated rings. The summed E-state index contributed by atoms with van der Waals surface area (Å²) in [4.78, 5) is 53.2. The van der Waals surface area contributed by atoms with Gasteiger partial charge in [-0.25, -0.2) is 0 Å². The van der Waals surface area contributed by atoms with E-state index in [9.17, 15) is 39.6 Å². The molecule has 0 bridgehead atoms. The zero-order valence-corrected chi connectivity index (χ0v) is 28.0. The zero-order valence-electron chi connectivity index (χ0n) is 20.0. The second-order valence-electron chi connectivity index (χ2n) is 10.1. The molecule has 0 heterocycles. The second kappa shape index (κ2) is 11.0. The van der Waals surface area contributed by atoms with Gasteiger partial charge in [0.25, 0.3) is 0 Å². The SMILES string of the molecule is CC(C)(Br)C(=O)C(O)C(C(O)C(=O)C(C)(C)Br)(C(O)C(=O)C(C)(C)Br)C(O)(Br)C(=O)C(C)(C)Br. The van der Waals surface area contributed by atoms with E-state index in [1.165, 1.54) is 55.4 Å². The molecular formula is C21H31Br5O8. The summed E-state index contributed by atoms with van der Waals surface area (Å²) in [5, 5.41) is 45.8. The average Bonchev–Trinajstić information content (AvgIpc) is 2.62. The lowest BCUT2D eigenvalue weighted by Gasteiger charge is -2.52. The summed E-state index contributed by atoms with van der Waals surface area (Å²) in [5.74, 6) is -4.55. The largest absolute Gasteiger partial charge is 0.384 e. The molecular weight excluding hydrogens is 780 g/mol. The number of carbonyl (C=O) groups is 4. The zero-order chi connectivity index (χ0) is 28.0. The normalized spacial score (nSPS) is 19.9. The van der Waals surface area contributed by atoms with Crippen LogP contribution in [-0.4, -0.2) is 83.7 Å². The van der Waals surface area contributed by atoms with Gasteiger partial charge in [0.2, 0.25) is 0 Å². The molecule has 4 N–H and O–H groups in total. The molecule has 0 amide bonds. The molecule has 0 saturated carbocycles. The minimum absolute atomic E-state index is 1.12. The number of alkyl halides is 5. The van der Waals surface area contributed by atoms with Gasteiger partial charge < -0.3 is 20.4 Å². The van der Waals surface area contributed by atoms with Crippen LogP contribution in [-0.2, 0) is 19.2 Å². The Morgan fingerprint density at radius 3 is 0.882 bits per heavy atom. The first-order valence-electron chi connectivity index (χ1n) is 9.99. The van der Waals surface area contributed by atoms with E-state index in [0.29, 0.717) is 0 Å². The first kappa shape index (κ1) is 34.9. The van der Waals surface area contributed by atoms with Gasteiger partial charge in [0.1, 0.15) is 23.7 Å². The van der Waals surface area contributed by atoms with Gasteiger partial charge >= 0.3 is 0 Å².